The van der Waals surface area contributed by atoms with E-state index in [1.165, 1.54) is 33.4 Å². The van der Waals surface area contributed by atoms with Gasteiger partial charge < -0.3 is 10.1 Å². The first-order chi connectivity index (χ1) is 27.8. The minimum absolute atomic E-state index is 0.237. The van der Waals surface area contributed by atoms with Crippen molar-refractivity contribution in [3.63, 3.8) is 0 Å². The van der Waals surface area contributed by atoms with Crippen LogP contribution in [0.4, 0.5) is 0 Å². The minimum Gasteiger partial charge on any atom is -0.456 e. The Balaban J connectivity index is 0.975. The molecule has 1 aliphatic carbocycles. The molecular weight excluding hydrogens is 681 g/mol. The van der Waals surface area contributed by atoms with E-state index in [-0.39, 0.29) is 6.17 Å². The van der Waals surface area contributed by atoms with Gasteiger partial charge in [0.25, 0.3) is 0 Å². The first-order valence-electron chi connectivity index (χ1n) is 19.2. The summed E-state index contributed by atoms with van der Waals surface area (Å²) in [5, 5.41) is 3.72. The van der Waals surface area contributed by atoms with Crippen molar-refractivity contribution in [2.45, 2.75) is 11.6 Å². The largest absolute Gasteiger partial charge is 0.456 e. The molecule has 1 N–H and O–H groups in total. The Kier molecular flexibility index (Phi) is 7.46. The second-order valence-corrected chi connectivity index (χ2v) is 14.7. The summed E-state index contributed by atoms with van der Waals surface area (Å²) in [6, 6.07) is 71.5. The molecule has 8 aromatic carbocycles. The first-order valence-corrected chi connectivity index (χ1v) is 19.2. The molecule has 0 fully saturated rings. The van der Waals surface area contributed by atoms with Gasteiger partial charge in [-0.2, -0.15) is 0 Å². The molecule has 3 heteroatoms. The molecule has 0 aromatic heterocycles. The summed E-state index contributed by atoms with van der Waals surface area (Å²) in [6.07, 6.45) is 1.92. The Labute approximate surface area is 327 Å². The van der Waals surface area contributed by atoms with E-state index in [0.717, 1.165) is 61.9 Å². The van der Waals surface area contributed by atoms with Crippen LogP contribution in [0.2, 0.25) is 0 Å². The predicted octanol–water partition coefficient (Wildman–Crippen LogP) is 12.6. The van der Waals surface area contributed by atoms with Crippen molar-refractivity contribution in [2.75, 3.05) is 0 Å². The summed E-state index contributed by atoms with van der Waals surface area (Å²) in [7, 11) is 0. The number of fused-ring (bicyclic) bond motifs is 9. The van der Waals surface area contributed by atoms with Gasteiger partial charge >= 0.3 is 0 Å². The van der Waals surface area contributed by atoms with Crippen LogP contribution in [0.1, 0.15) is 45.1 Å². The van der Waals surface area contributed by atoms with Crippen LogP contribution in [-0.2, 0) is 5.41 Å². The smallest absolute Gasteiger partial charge is 0.145 e. The van der Waals surface area contributed by atoms with Crippen LogP contribution < -0.4 is 10.1 Å². The highest BCUT2D eigenvalue weighted by Crippen LogP contribution is 2.63. The Morgan fingerprint density at radius 2 is 0.982 bits per heavy atom. The van der Waals surface area contributed by atoms with Gasteiger partial charge in [0.15, 0.2) is 0 Å². The zero-order chi connectivity index (χ0) is 37.1. The lowest BCUT2D eigenvalue weighted by Gasteiger charge is -2.40. The summed E-state index contributed by atoms with van der Waals surface area (Å²) >= 11 is 0. The number of hydrogen-bond donors (Lipinski definition) is 1. The van der Waals surface area contributed by atoms with E-state index in [4.69, 9.17) is 9.73 Å². The Morgan fingerprint density at radius 3 is 1.71 bits per heavy atom. The van der Waals surface area contributed by atoms with Crippen molar-refractivity contribution in [3.05, 3.63) is 245 Å². The molecule has 0 amide bonds. The van der Waals surface area contributed by atoms with Gasteiger partial charge in [-0.25, -0.2) is 0 Å². The fourth-order valence-electron chi connectivity index (χ4n) is 9.08. The number of nitrogens with one attached hydrogen (secondary N) is 1. The molecule has 11 rings (SSSR count). The van der Waals surface area contributed by atoms with E-state index in [1.54, 1.807) is 0 Å². The van der Waals surface area contributed by atoms with E-state index >= 15 is 0 Å². The van der Waals surface area contributed by atoms with Crippen molar-refractivity contribution < 1.29 is 4.74 Å². The average molecular weight is 717 g/mol. The lowest BCUT2D eigenvalue weighted by molar-refractivity contribution is 0.438. The van der Waals surface area contributed by atoms with Gasteiger partial charge in [-0.1, -0.05) is 188 Å². The second-order valence-electron chi connectivity index (χ2n) is 14.7. The van der Waals surface area contributed by atoms with Gasteiger partial charge in [-0.3, -0.25) is 4.99 Å². The standard InChI is InChI=1S/C53H36N2O/c1-3-15-37(16-4-1)48-34-49(38-17-5-2-6-18-38)55-52(54-48)40-20-13-19-39(33-40)35-29-31-36(32-30-35)41-23-14-27-47-51(41)56-50-28-12-11-26-46(50)53(47)44-24-9-7-21-42(44)43-22-8-10-25-45(43)53/h1-34,52,54H. The van der Waals surface area contributed by atoms with E-state index < -0.39 is 5.41 Å². The number of benzene rings is 8. The molecule has 2 aliphatic heterocycles. The summed E-state index contributed by atoms with van der Waals surface area (Å²) in [4.78, 5) is 5.22. The number of allylic oxidation sites excluding steroid dienone is 1. The number of rotatable bonds is 5. The number of para-hydroxylation sites is 2. The van der Waals surface area contributed by atoms with Crippen molar-refractivity contribution in [1.29, 1.82) is 0 Å². The second kappa shape index (κ2) is 13.0. The molecule has 8 aromatic rings. The summed E-state index contributed by atoms with van der Waals surface area (Å²) in [6.45, 7) is 0. The van der Waals surface area contributed by atoms with Gasteiger partial charge in [0.05, 0.1) is 11.1 Å². The quantitative estimate of drug-likeness (QED) is 0.192. The number of aliphatic imine (C=N–C) groups is 1. The van der Waals surface area contributed by atoms with E-state index in [1.807, 2.05) is 12.1 Å². The minimum atomic E-state index is -0.487. The fourth-order valence-corrected chi connectivity index (χ4v) is 9.08. The molecular formula is C53H36N2O. The highest BCUT2D eigenvalue weighted by Gasteiger charge is 2.51. The third-order valence-electron chi connectivity index (χ3n) is 11.6. The van der Waals surface area contributed by atoms with E-state index in [0.29, 0.717) is 0 Å². The van der Waals surface area contributed by atoms with Gasteiger partial charge in [-0.15, -0.1) is 0 Å². The van der Waals surface area contributed by atoms with Gasteiger partial charge in [-0.05, 0) is 73.8 Å². The molecule has 3 nitrogen and oxygen atoms in total. The van der Waals surface area contributed by atoms with Crippen molar-refractivity contribution >= 4 is 11.4 Å². The Hall–Kier alpha value is -7.23. The van der Waals surface area contributed by atoms with Crippen LogP contribution in [0.5, 0.6) is 11.5 Å². The van der Waals surface area contributed by atoms with Gasteiger partial charge in [0.1, 0.15) is 17.7 Å². The fraction of sp³-hybridized carbons (Fsp3) is 0.0377. The molecule has 1 spiro atoms. The molecule has 56 heavy (non-hydrogen) atoms. The SMILES string of the molecule is C1=C(c2ccccc2)NC(c2cccc(-c3ccc(-c4cccc5c4Oc4ccccc4C54c5ccccc5-c5ccccc54)cc3)c2)N=C1c1ccccc1. The van der Waals surface area contributed by atoms with Crippen LogP contribution in [-0.4, -0.2) is 5.71 Å². The molecule has 1 unspecified atom stereocenters. The molecule has 264 valence electrons. The van der Waals surface area contributed by atoms with Crippen LogP contribution >= 0.6 is 0 Å². The Bertz CT molecular complexity index is 2810. The lowest BCUT2D eigenvalue weighted by Crippen LogP contribution is -2.32. The molecule has 2 heterocycles. The van der Waals surface area contributed by atoms with Crippen LogP contribution in [0.3, 0.4) is 0 Å². The van der Waals surface area contributed by atoms with E-state index in [9.17, 15) is 0 Å². The van der Waals surface area contributed by atoms with Crippen molar-refractivity contribution in [2.24, 2.45) is 4.99 Å². The zero-order valence-electron chi connectivity index (χ0n) is 30.6. The monoisotopic (exact) mass is 716 g/mol. The summed E-state index contributed by atoms with van der Waals surface area (Å²) in [5.41, 5.74) is 16.8. The van der Waals surface area contributed by atoms with Crippen LogP contribution in [0, 0.1) is 0 Å². The van der Waals surface area contributed by atoms with Crippen LogP contribution in [0.25, 0.3) is 39.1 Å². The molecule has 3 aliphatic rings. The zero-order valence-corrected chi connectivity index (χ0v) is 30.6. The van der Waals surface area contributed by atoms with Crippen molar-refractivity contribution in [3.8, 4) is 44.9 Å². The van der Waals surface area contributed by atoms with Gasteiger partial charge in [0.2, 0.25) is 0 Å². The van der Waals surface area contributed by atoms with Gasteiger partial charge in [0, 0.05) is 22.4 Å². The maximum Gasteiger partial charge on any atom is 0.145 e. The molecule has 0 saturated carbocycles. The molecule has 0 radical (unpaired) electrons. The summed E-state index contributed by atoms with van der Waals surface area (Å²) in [5.74, 6) is 1.80. The third-order valence-corrected chi connectivity index (χ3v) is 11.6. The topological polar surface area (TPSA) is 33.6 Å². The van der Waals surface area contributed by atoms with Crippen molar-refractivity contribution in [1.82, 2.24) is 5.32 Å². The normalized spacial score (nSPS) is 15.6. The Morgan fingerprint density at radius 1 is 0.429 bits per heavy atom. The number of nitrogens with zero attached hydrogens (tertiary/aromatic N) is 1. The number of ether oxygens (including phenoxy) is 1. The van der Waals surface area contributed by atoms with E-state index in [2.05, 4.69) is 199 Å². The highest BCUT2D eigenvalue weighted by molar-refractivity contribution is 6.13. The lowest BCUT2D eigenvalue weighted by atomic mass is 9.65. The first kappa shape index (κ1) is 32.2. The number of hydrogen-bond acceptors (Lipinski definition) is 3. The average Bonchev–Trinajstić information content (AvgIpc) is 3.57. The third kappa shape index (κ3) is 5.02. The molecule has 1 atom stereocenters. The highest BCUT2D eigenvalue weighted by atomic mass is 16.5. The maximum absolute atomic E-state index is 6.93. The van der Waals surface area contributed by atoms with Crippen LogP contribution in [0.15, 0.2) is 211 Å². The maximum atomic E-state index is 6.93. The summed E-state index contributed by atoms with van der Waals surface area (Å²) < 4.78 is 6.93. The molecule has 0 saturated heterocycles. The predicted molar refractivity (Wildman–Crippen MR) is 228 cm³/mol. The molecule has 0 bridgehead atoms.